The van der Waals surface area contributed by atoms with Crippen molar-refractivity contribution in [1.82, 2.24) is 4.90 Å². The summed E-state index contributed by atoms with van der Waals surface area (Å²) in [5, 5.41) is 8.75. The fourth-order valence-electron chi connectivity index (χ4n) is 1.16. The number of hydrogen-bond donors (Lipinski definition) is 0. The number of aryl methyl sites for hydroxylation is 1. The van der Waals surface area contributed by atoms with E-state index in [2.05, 4.69) is 11.0 Å². The Morgan fingerprint density at radius 1 is 1.40 bits per heavy atom. The molecule has 0 aliphatic rings. The molecule has 0 radical (unpaired) electrons. The van der Waals surface area contributed by atoms with Crippen molar-refractivity contribution in [3.05, 3.63) is 29.3 Å². The van der Waals surface area contributed by atoms with E-state index in [4.69, 9.17) is 10.00 Å². The van der Waals surface area contributed by atoms with Gasteiger partial charge in [0.05, 0.1) is 11.6 Å². The van der Waals surface area contributed by atoms with Crippen LogP contribution >= 0.6 is 0 Å². The van der Waals surface area contributed by atoms with Crippen LogP contribution in [0.4, 0.5) is 0 Å². The molecule has 0 saturated heterocycles. The third-order valence-electron chi connectivity index (χ3n) is 2.11. The number of benzene rings is 1. The molecule has 3 heteroatoms. The maximum Gasteiger partial charge on any atom is 0.123 e. The zero-order valence-corrected chi connectivity index (χ0v) is 9.45. The Labute approximate surface area is 90.9 Å². The first kappa shape index (κ1) is 11.5. The summed E-state index contributed by atoms with van der Waals surface area (Å²) >= 11 is 0. The third-order valence-corrected chi connectivity index (χ3v) is 2.11. The van der Waals surface area contributed by atoms with Crippen LogP contribution in [-0.4, -0.2) is 32.1 Å². The smallest absolute Gasteiger partial charge is 0.123 e. The van der Waals surface area contributed by atoms with Gasteiger partial charge in [0.15, 0.2) is 0 Å². The van der Waals surface area contributed by atoms with Crippen molar-refractivity contribution in [2.24, 2.45) is 0 Å². The summed E-state index contributed by atoms with van der Waals surface area (Å²) in [5.41, 5.74) is 1.70. The first-order valence-electron chi connectivity index (χ1n) is 4.92. The van der Waals surface area contributed by atoms with E-state index >= 15 is 0 Å². The number of ether oxygens (including phenoxy) is 1. The Bertz CT molecular complexity index is 366. The molecule has 80 valence electrons. The lowest BCUT2D eigenvalue weighted by Gasteiger charge is -2.12. The molecule has 0 aliphatic carbocycles. The minimum atomic E-state index is 0.639. The molecule has 0 unspecified atom stereocenters. The molecular formula is C12H16N2O. The second-order valence-corrected chi connectivity index (χ2v) is 3.74. The Morgan fingerprint density at radius 2 is 2.13 bits per heavy atom. The van der Waals surface area contributed by atoms with Gasteiger partial charge in [-0.05, 0) is 38.7 Å². The number of nitrogens with zero attached hydrogens (tertiary/aromatic N) is 2. The van der Waals surface area contributed by atoms with Gasteiger partial charge in [0, 0.05) is 6.54 Å². The highest BCUT2D eigenvalue weighted by atomic mass is 16.5. The number of hydrogen-bond acceptors (Lipinski definition) is 3. The van der Waals surface area contributed by atoms with E-state index in [1.807, 2.05) is 27.1 Å². The average Bonchev–Trinajstić information content (AvgIpc) is 2.20. The van der Waals surface area contributed by atoms with Crippen LogP contribution < -0.4 is 4.74 Å². The third kappa shape index (κ3) is 3.61. The molecule has 1 rings (SSSR count). The molecule has 1 aromatic rings. The largest absolute Gasteiger partial charge is 0.492 e. The summed E-state index contributed by atoms with van der Waals surface area (Å²) in [6.07, 6.45) is 0. The standard InChI is InChI=1S/C12H16N2O/c1-10-4-5-11(9-13)8-12(10)15-7-6-14(2)3/h4-5,8H,6-7H2,1-3H3. The molecule has 0 saturated carbocycles. The Kier molecular flexibility index (Phi) is 4.14. The predicted molar refractivity (Wildman–Crippen MR) is 59.9 cm³/mol. The summed E-state index contributed by atoms with van der Waals surface area (Å²) in [4.78, 5) is 2.06. The molecule has 15 heavy (non-hydrogen) atoms. The first-order valence-corrected chi connectivity index (χ1v) is 4.92. The van der Waals surface area contributed by atoms with E-state index in [9.17, 15) is 0 Å². The van der Waals surface area contributed by atoms with Gasteiger partial charge in [-0.2, -0.15) is 5.26 Å². The van der Waals surface area contributed by atoms with Crippen molar-refractivity contribution in [1.29, 1.82) is 5.26 Å². The van der Waals surface area contributed by atoms with Gasteiger partial charge >= 0.3 is 0 Å². The highest BCUT2D eigenvalue weighted by molar-refractivity contribution is 5.41. The molecule has 3 nitrogen and oxygen atoms in total. The van der Waals surface area contributed by atoms with Crippen molar-refractivity contribution in [3.8, 4) is 11.8 Å². The monoisotopic (exact) mass is 204 g/mol. The number of rotatable bonds is 4. The summed E-state index contributed by atoms with van der Waals surface area (Å²) in [6.45, 7) is 3.49. The highest BCUT2D eigenvalue weighted by Gasteiger charge is 2.01. The maximum atomic E-state index is 8.75. The van der Waals surface area contributed by atoms with Crippen molar-refractivity contribution < 1.29 is 4.74 Å². The molecule has 0 aromatic heterocycles. The van der Waals surface area contributed by atoms with E-state index in [1.165, 1.54) is 0 Å². The zero-order valence-electron chi connectivity index (χ0n) is 9.45. The molecule has 0 amide bonds. The van der Waals surface area contributed by atoms with E-state index in [-0.39, 0.29) is 0 Å². The molecule has 0 bridgehead atoms. The SMILES string of the molecule is Cc1ccc(C#N)cc1OCCN(C)C. The van der Waals surface area contributed by atoms with Crippen LogP contribution in [-0.2, 0) is 0 Å². The van der Waals surface area contributed by atoms with Crippen LogP contribution in [0, 0.1) is 18.3 Å². The van der Waals surface area contributed by atoms with Crippen LogP contribution in [0.5, 0.6) is 5.75 Å². The lowest BCUT2D eigenvalue weighted by molar-refractivity contribution is 0.260. The number of nitriles is 1. The van der Waals surface area contributed by atoms with Crippen LogP contribution in [0.2, 0.25) is 0 Å². The fourth-order valence-corrected chi connectivity index (χ4v) is 1.16. The summed E-state index contributed by atoms with van der Waals surface area (Å²) in [5.74, 6) is 0.802. The zero-order chi connectivity index (χ0) is 11.3. The molecule has 0 atom stereocenters. The van der Waals surface area contributed by atoms with Gasteiger partial charge in [0.1, 0.15) is 12.4 Å². The van der Waals surface area contributed by atoms with E-state index in [0.717, 1.165) is 17.9 Å². The molecule has 0 N–H and O–H groups in total. The Balaban J connectivity index is 2.64. The predicted octanol–water partition coefficient (Wildman–Crippen LogP) is 1.81. The topological polar surface area (TPSA) is 36.3 Å². The second kappa shape index (κ2) is 5.38. The Morgan fingerprint density at radius 3 is 2.73 bits per heavy atom. The second-order valence-electron chi connectivity index (χ2n) is 3.74. The van der Waals surface area contributed by atoms with Crippen molar-refractivity contribution in [2.45, 2.75) is 6.92 Å². The lowest BCUT2D eigenvalue weighted by Crippen LogP contribution is -2.19. The van der Waals surface area contributed by atoms with Gasteiger partial charge in [0.25, 0.3) is 0 Å². The van der Waals surface area contributed by atoms with Gasteiger partial charge < -0.3 is 9.64 Å². The van der Waals surface area contributed by atoms with E-state index in [1.54, 1.807) is 12.1 Å². The average molecular weight is 204 g/mol. The lowest BCUT2D eigenvalue weighted by atomic mass is 10.1. The van der Waals surface area contributed by atoms with Crippen molar-refractivity contribution in [2.75, 3.05) is 27.2 Å². The number of likely N-dealkylation sites (N-methyl/N-ethyl adjacent to an activating group) is 1. The van der Waals surface area contributed by atoms with E-state index in [0.29, 0.717) is 12.2 Å². The van der Waals surface area contributed by atoms with Crippen molar-refractivity contribution >= 4 is 0 Å². The molecule has 0 aliphatic heterocycles. The fraction of sp³-hybridized carbons (Fsp3) is 0.417. The van der Waals surface area contributed by atoms with Gasteiger partial charge in [-0.1, -0.05) is 6.07 Å². The van der Waals surface area contributed by atoms with Crippen molar-refractivity contribution in [3.63, 3.8) is 0 Å². The molecule has 0 spiro atoms. The summed E-state index contributed by atoms with van der Waals surface area (Å²) in [6, 6.07) is 7.59. The van der Waals surface area contributed by atoms with Gasteiger partial charge in [0.2, 0.25) is 0 Å². The van der Waals surface area contributed by atoms with Gasteiger partial charge in [-0.25, -0.2) is 0 Å². The molecule has 0 fully saturated rings. The van der Waals surface area contributed by atoms with Gasteiger partial charge in [-0.3, -0.25) is 0 Å². The minimum Gasteiger partial charge on any atom is -0.492 e. The highest BCUT2D eigenvalue weighted by Crippen LogP contribution is 2.18. The first-order chi connectivity index (χ1) is 7.13. The van der Waals surface area contributed by atoms with Crippen LogP contribution in [0.3, 0.4) is 0 Å². The quantitative estimate of drug-likeness (QED) is 0.750. The summed E-state index contributed by atoms with van der Waals surface area (Å²) < 4.78 is 5.60. The Hall–Kier alpha value is -1.53. The van der Waals surface area contributed by atoms with Crippen LogP contribution in [0.1, 0.15) is 11.1 Å². The molecular weight excluding hydrogens is 188 g/mol. The maximum absolute atomic E-state index is 8.75. The normalized spacial score (nSPS) is 10.1. The molecule has 1 aromatic carbocycles. The minimum absolute atomic E-state index is 0.639. The van der Waals surface area contributed by atoms with E-state index < -0.39 is 0 Å². The summed E-state index contributed by atoms with van der Waals surface area (Å²) in [7, 11) is 4.00. The van der Waals surface area contributed by atoms with Crippen LogP contribution in [0.25, 0.3) is 0 Å². The molecule has 0 heterocycles. The van der Waals surface area contributed by atoms with Crippen LogP contribution in [0.15, 0.2) is 18.2 Å². The van der Waals surface area contributed by atoms with Gasteiger partial charge in [-0.15, -0.1) is 0 Å².